The van der Waals surface area contributed by atoms with Gasteiger partial charge in [0.05, 0.1) is 46.1 Å². The van der Waals surface area contributed by atoms with Gasteiger partial charge in [0.15, 0.2) is 0 Å². The van der Waals surface area contributed by atoms with Crippen LogP contribution in [0.3, 0.4) is 0 Å². The van der Waals surface area contributed by atoms with Crippen molar-refractivity contribution in [3.05, 3.63) is 59.7 Å². The zero-order valence-electron chi connectivity index (χ0n) is 26.0. The molecule has 2 unspecified atom stereocenters. The number of rotatable bonds is 8. The highest BCUT2D eigenvalue weighted by molar-refractivity contribution is 9.10. The summed E-state index contributed by atoms with van der Waals surface area (Å²) < 4.78 is 21.8. The van der Waals surface area contributed by atoms with Crippen LogP contribution in [-0.2, 0) is 11.6 Å². The van der Waals surface area contributed by atoms with Crippen molar-refractivity contribution in [2.45, 2.75) is 43.9 Å². The second-order valence-corrected chi connectivity index (χ2v) is 16.3. The fourth-order valence-corrected chi connectivity index (χ4v) is 8.50. The van der Waals surface area contributed by atoms with Crippen LogP contribution in [0.4, 0.5) is 28.8 Å². The lowest BCUT2D eigenvalue weighted by Gasteiger charge is -2.40. The first kappa shape index (κ1) is 30.6. The molecule has 5 heterocycles. The highest BCUT2D eigenvalue weighted by atomic mass is 79.9. The van der Waals surface area contributed by atoms with Crippen LogP contribution in [-0.4, -0.2) is 73.5 Å². The lowest BCUT2D eigenvalue weighted by Crippen LogP contribution is -2.45. The Labute approximate surface area is 275 Å². The van der Waals surface area contributed by atoms with E-state index < -0.39 is 7.14 Å². The molecule has 5 aromatic rings. The number of aryl methyl sites for hydroxylation is 1. The van der Waals surface area contributed by atoms with E-state index in [1.165, 1.54) is 0 Å². The molecule has 0 spiro atoms. The average molecular weight is 705 g/mol. The van der Waals surface area contributed by atoms with Gasteiger partial charge in [0, 0.05) is 66.8 Å². The first-order valence-corrected chi connectivity index (χ1v) is 18.5. The molecule has 2 atom stereocenters. The topological polar surface area (TPSA) is 143 Å². The molecule has 12 nitrogen and oxygen atoms in total. The number of ether oxygens (including phenoxy) is 1. The number of hydrogen-bond donors (Lipinski definition) is 3. The van der Waals surface area contributed by atoms with Gasteiger partial charge in [-0.3, -0.25) is 14.6 Å². The van der Waals surface area contributed by atoms with Crippen molar-refractivity contribution in [1.29, 1.82) is 0 Å². The normalized spacial score (nSPS) is 19.4. The molecule has 46 heavy (non-hydrogen) atoms. The molecule has 14 heteroatoms. The minimum absolute atomic E-state index is 0.267. The fraction of sp³-hybridized carbons (Fsp3) is 0.344. The molecule has 2 fully saturated rings. The lowest BCUT2D eigenvalue weighted by atomic mass is 9.96. The Balaban J connectivity index is 1.27. The summed E-state index contributed by atoms with van der Waals surface area (Å²) in [5.74, 6) is 1.47. The maximum Gasteiger partial charge on any atom is 0.229 e. The predicted octanol–water partition coefficient (Wildman–Crippen LogP) is 5.82. The number of methoxy groups -OCH3 is 1. The third-order valence-electron chi connectivity index (χ3n) is 8.72. The van der Waals surface area contributed by atoms with Gasteiger partial charge in [0.1, 0.15) is 24.2 Å². The Kier molecular flexibility index (Phi) is 7.94. The molecule has 2 aromatic carbocycles. The second kappa shape index (κ2) is 11.9. The van der Waals surface area contributed by atoms with Crippen LogP contribution in [0.1, 0.15) is 25.7 Å². The molecule has 2 aliphatic rings. The molecule has 2 saturated heterocycles. The van der Waals surface area contributed by atoms with Crippen LogP contribution < -0.4 is 25.6 Å². The molecule has 238 valence electrons. The summed E-state index contributed by atoms with van der Waals surface area (Å²) in [6.07, 6.45) is 12.1. The number of hydrogen-bond acceptors (Lipinski definition) is 11. The van der Waals surface area contributed by atoms with Gasteiger partial charge in [-0.05, 0) is 73.1 Å². The largest absolute Gasteiger partial charge is 0.494 e. The summed E-state index contributed by atoms with van der Waals surface area (Å²) in [4.78, 5) is 20.7. The summed E-state index contributed by atoms with van der Waals surface area (Å²) in [5.41, 5.74) is 5.62. The van der Waals surface area contributed by atoms with Crippen molar-refractivity contribution in [3.8, 4) is 16.9 Å². The maximum atomic E-state index is 13.5. The third-order valence-corrected chi connectivity index (χ3v) is 10.8. The van der Waals surface area contributed by atoms with Crippen LogP contribution in [0.2, 0.25) is 0 Å². The Hall–Kier alpha value is -4.06. The SMILES string of the molecule is COc1cc(N2C3CCC2CC(O)C3)c(-c2cnn(C)c2)cc1Nc1ncc(Br)c(Nc2ccc3nccnc3c2P(C)(C)=O)n1. The van der Waals surface area contributed by atoms with Gasteiger partial charge in [-0.1, -0.05) is 0 Å². The van der Waals surface area contributed by atoms with E-state index in [1.54, 1.807) is 43.7 Å². The number of aromatic nitrogens is 6. The predicted molar refractivity (Wildman–Crippen MR) is 185 cm³/mol. The van der Waals surface area contributed by atoms with Gasteiger partial charge in [0.2, 0.25) is 5.95 Å². The van der Waals surface area contributed by atoms with Crippen molar-refractivity contribution in [2.24, 2.45) is 7.05 Å². The van der Waals surface area contributed by atoms with E-state index >= 15 is 0 Å². The number of aliphatic hydroxyl groups excluding tert-OH is 1. The number of piperidine rings is 1. The van der Waals surface area contributed by atoms with Crippen molar-refractivity contribution in [3.63, 3.8) is 0 Å². The number of aliphatic hydroxyl groups is 1. The number of nitrogens with one attached hydrogen (secondary N) is 2. The standard InChI is InChI=1S/C32H35BrN9O3P/c1-41-17-18(15-37-41)22-13-26(28(45-2)14-27(22)42-19-5-6-20(42)12-21(43)11-19)39-32-36-16-23(33)31(40-32)38-25-8-7-24-29(35-10-9-34-24)30(25)46(3,4)44/h7-10,13-17,19-21,43H,5-6,11-12H2,1-4H3,(H2,36,38,39,40). The summed E-state index contributed by atoms with van der Waals surface area (Å²) in [7, 11) is 0.783. The van der Waals surface area contributed by atoms with Crippen molar-refractivity contribution >= 4 is 68.2 Å². The van der Waals surface area contributed by atoms with Crippen LogP contribution >= 0.6 is 23.1 Å². The number of halogens is 1. The number of benzene rings is 2. The van der Waals surface area contributed by atoms with E-state index in [0.717, 1.165) is 42.5 Å². The molecule has 3 aromatic heterocycles. The zero-order valence-corrected chi connectivity index (χ0v) is 28.5. The van der Waals surface area contributed by atoms with Gasteiger partial charge in [0.25, 0.3) is 0 Å². The Bertz CT molecular complexity index is 1980. The summed E-state index contributed by atoms with van der Waals surface area (Å²) in [5, 5.41) is 22.3. The van der Waals surface area contributed by atoms with Gasteiger partial charge in [-0.15, -0.1) is 0 Å². The smallest absolute Gasteiger partial charge is 0.229 e. The van der Waals surface area contributed by atoms with Gasteiger partial charge in [-0.25, -0.2) is 4.98 Å². The maximum absolute atomic E-state index is 13.5. The first-order valence-electron chi connectivity index (χ1n) is 15.1. The summed E-state index contributed by atoms with van der Waals surface area (Å²) in [6, 6.07) is 8.35. The molecular weight excluding hydrogens is 669 g/mol. The minimum atomic E-state index is -2.77. The van der Waals surface area contributed by atoms with Gasteiger partial charge < -0.3 is 29.9 Å². The summed E-state index contributed by atoms with van der Waals surface area (Å²) >= 11 is 3.58. The van der Waals surface area contributed by atoms with E-state index in [9.17, 15) is 9.67 Å². The Morgan fingerprint density at radius 2 is 1.78 bits per heavy atom. The molecule has 2 aliphatic heterocycles. The van der Waals surface area contributed by atoms with Crippen LogP contribution in [0, 0.1) is 0 Å². The van der Waals surface area contributed by atoms with Gasteiger partial charge in [-0.2, -0.15) is 10.1 Å². The molecule has 0 saturated carbocycles. The molecule has 0 radical (unpaired) electrons. The van der Waals surface area contributed by atoms with Crippen molar-refractivity contribution in [2.75, 3.05) is 36.0 Å². The Morgan fingerprint density at radius 1 is 1.02 bits per heavy atom. The van der Waals surface area contributed by atoms with Crippen LogP contribution in [0.25, 0.3) is 22.2 Å². The molecule has 3 N–H and O–H groups in total. The average Bonchev–Trinajstić information content (AvgIpc) is 3.57. The zero-order chi connectivity index (χ0) is 32.2. The first-order chi connectivity index (χ1) is 22.1. The fourth-order valence-electron chi connectivity index (χ4n) is 6.81. The van der Waals surface area contributed by atoms with Gasteiger partial charge >= 0.3 is 0 Å². The van der Waals surface area contributed by atoms with E-state index in [2.05, 4.69) is 63.6 Å². The number of nitrogens with zero attached hydrogens (tertiary/aromatic N) is 7. The molecule has 7 rings (SSSR count). The van der Waals surface area contributed by atoms with Crippen LogP contribution in [0.15, 0.2) is 59.7 Å². The van der Waals surface area contributed by atoms with E-state index in [4.69, 9.17) is 9.72 Å². The third kappa shape index (κ3) is 5.72. The van der Waals surface area contributed by atoms with E-state index in [0.29, 0.717) is 49.7 Å². The van der Waals surface area contributed by atoms with E-state index in [1.807, 2.05) is 31.6 Å². The quantitative estimate of drug-likeness (QED) is 0.168. The monoisotopic (exact) mass is 703 g/mol. The molecule has 0 amide bonds. The highest BCUT2D eigenvalue weighted by Crippen LogP contribution is 2.47. The number of fused-ring (bicyclic) bond motifs is 3. The van der Waals surface area contributed by atoms with Crippen LogP contribution in [0.5, 0.6) is 5.75 Å². The van der Waals surface area contributed by atoms with Crippen molar-refractivity contribution < 1.29 is 14.4 Å². The minimum Gasteiger partial charge on any atom is -0.494 e. The highest BCUT2D eigenvalue weighted by Gasteiger charge is 2.41. The summed E-state index contributed by atoms with van der Waals surface area (Å²) in [6.45, 7) is 3.44. The molecule has 0 aliphatic carbocycles. The number of anilines is 5. The van der Waals surface area contributed by atoms with E-state index in [-0.39, 0.29) is 18.2 Å². The molecule has 2 bridgehead atoms. The Morgan fingerprint density at radius 3 is 2.48 bits per heavy atom. The molecular formula is C32H35BrN9O3P. The lowest BCUT2D eigenvalue weighted by molar-refractivity contribution is 0.126. The van der Waals surface area contributed by atoms with Crippen molar-refractivity contribution in [1.82, 2.24) is 29.7 Å². The second-order valence-electron chi connectivity index (χ2n) is 12.3.